The van der Waals surface area contributed by atoms with Gasteiger partial charge in [0.25, 0.3) is 0 Å². The molecule has 192 valence electrons. The molecule has 4 aromatic rings. The number of benzene rings is 4. The molecule has 0 radical (unpaired) electrons. The molecule has 0 atom stereocenters. The van der Waals surface area contributed by atoms with E-state index >= 15 is 0 Å². The summed E-state index contributed by atoms with van der Waals surface area (Å²) in [6.45, 7) is 13.7. The molecule has 0 aliphatic rings. The average Bonchev–Trinajstić information content (AvgIpc) is 2.84. The number of alkyl halides is 1. The summed E-state index contributed by atoms with van der Waals surface area (Å²) in [7, 11) is 0. The molecule has 0 bridgehead atoms. The van der Waals surface area contributed by atoms with E-state index in [2.05, 4.69) is 44.2 Å². The first-order chi connectivity index (χ1) is 16.9. The third-order valence-electron chi connectivity index (χ3n) is 5.26. The summed E-state index contributed by atoms with van der Waals surface area (Å²) in [6.07, 6.45) is 0. The summed E-state index contributed by atoms with van der Waals surface area (Å²) >= 11 is 17.5. The van der Waals surface area contributed by atoms with Gasteiger partial charge in [-0.1, -0.05) is 112 Å². The minimum Gasteiger partial charge on any atom is -0.246 e. The summed E-state index contributed by atoms with van der Waals surface area (Å²) in [5.41, 5.74) is 8.99. The lowest BCUT2D eigenvalue weighted by molar-refractivity contribution is 0.485. The zero-order valence-corrected chi connectivity index (χ0v) is 24.5. The minimum absolute atomic E-state index is 0.361. The molecular formula is C32H36Cl3F. The Morgan fingerprint density at radius 1 is 0.444 bits per heavy atom. The predicted octanol–water partition coefficient (Wildman–Crippen LogP) is 11.3. The van der Waals surface area contributed by atoms with Crippen molar-refractivity contribution in [1.82, 2.24) is 0 Å². The minimum atomic E-state index is -0.361. The van der Waals surface area contributed by atoms with E-state index in [0.717, 1.165) is 37.3 Å². The highest BCUT2D eigenvalue weighted by Gasteiger charge is 1.98. The quantitative estimate of drug-likeness (QED) is 0.223. The molecule has 0 aliphatic carbocycles. The standard InChI is InChI=1S/C8H8Cl2.C8H9Cl.C8H9F.C8H10/c1-5-3-8(10)6(2)4-7(5)9;1-6-3-4-7(2)8(9)5-6;1-7-2-4-8(6-9)5-3-7;1-7-3-5-8(2)6-4-7/h3-4H,1-2H3;3-5H,1-2H3;2-5H,6H2,1H3;3-6H,1-2H3. The van der Waals surface area contributed by atoms with Gasteiger partial charge < -0.3 is 0 Å². The number of aryl methyl sites for hydroxylation is 7. The Morgan fingerprint density at radius 3 is 1.11 bits per heavy atom. The average molecular weight is 546 g/mol. The normalized spacial score (nSPS) is 9.64. The van der Waals surface area contributed by atoms with E-state index in [1.54, 1.807) is 12.1 Å². The molecule has 4 aromatic carbocycles. The maximum absolute atomic E-state index is 11.9. The van der Waals surface area contributed by atoms with Crippen molar-refractivity contribution in [3.8, 4) is 0 Å². The van der Waals surface area contributed by atoms with E-state index in [1.165, 1.54) is 22.3 Å². The van der Waals surface area contributed by atoms with Crippen LogP contribution in [-0.2, 0) is 6.67 Å². The fraction of sp³-hybridized carbons (Fsp3) is 0.250. The lowest BCUT2D eigenvalue weighted by Gasteiger charge is -2.00. The molecule has 36 heavy (non-hydrogen) atoms. The number of hydrogen-bond donors (Lipinski definition) is 0. The Hall–Kier alpha value is -2.32. The van der Waals surface area contributed by atoms with Crippen LogP contribution in [0.3, 0.4) is 0 Å². The van der Waals surface area contributed by atoms with Crippen LogP contribution in [0.25, 0.3) is 0 Å². The maximum Gasteiger partial charge on any atom is 0.115 e. The second-order valence-electron chi connectivity index (χ2n) is 8.88. The van der Waals surface area contributed by atoms with Crippen LogP contribution in [0.2, 0.25) is 15.1 Å². The first-order valence-corrected chi connectivity index (χ1v) is 12.9. The molecular weight excluding hydrogens is 510 g/mol. The van der Waals surface area contributed by atoms with Crippen LogP contribution >= 0.6 is 34.8 Å². The molecule has 0 aliphatic heterocycles. The Balaban J connectivity index is 0.000000241. The summed E-state index contributed by atoms with van der Waals surface area (Å²) in [6, 6.07) is 25.7. The van der Waals surface area contributed by atoms with E-state index in [4.69, 9.17) is 34.8 Å². The van der Waals surface area contributed by atoms with Crippen molar-refractivity contribution in [1.29, 1.82) is 0 Å². The smallest absolute Gasteiger partial charge is 0.115 e. The monoisotopic (exact) mass is 544 g/mol. The summed E-state index contributed by atoms with van der Waals surface area (Å²) in [5.74, 6) is 0. The summed E-state index contributed by atoms with van der Waals surface area (Å²) in [5, 5.41) is 2.42. The van der Waals surface area contributed by atoms with E-state index < -0.39 is 0 Å². The Bertz CT molecular complexity index is 1130. The van der Waals surface area contributed by atoms with Gasteiger partial charge in [-0.25, -0.2) is 4.39 Å². The highest BCUT2D eigenvalue weighted by atomic mass is 35.5. The van der Waals surface area contributed by atoms with Gasteiger partial charge in [-0.15, -0.1) is 0 Å². The first-order valence-electron chi connectivity index (χ1n) is 11.7. The first kappa shape index (κ1) is 31.7. The van der Waals surface area contributed by atoms with Crippen molar-refractivity contribution in [3.05, 3.63) is 138 Å². The van der Waals surface area contributed by atoms with Crippen LogP contribution < -0.4 is 0 Å². The van der Waals surface area contributed by atoms with Crippen LogP contribution in [0, 0.1) is 48.5 Å². The number of hydrogen-bond acceptors (Lipinski definition) is 0. The molecule has 0 N–H and O–H groups in total. The van der Waals surface area contributed by atoms with Crippen LogP contribution in [-0.4, -0.2) is 0 Å². The largest absolute Gasteiger partial charge is 0.246 e. The van der Waals surface area contributed by atoms with E-state index in [-0.39, 0.29) is 6.67 Å². The van der Waals surface area contributed by atoms with Gasteiger partial charge in [0.2, 0.25) is 0 Å². The molecule has 4 rings (SSSR count). The van der Waals surface area contributed by atoms with Crippen molar-refractivity contribution in [3.63, 3.8) is 0 Å². The highest BCUT2D eigenvalue weighted by Crippen LogP contribution is 2.23. The van der Waals surface area contributed by atoms with E-state index in [0.29, 0.717) is 0 Å². The summed E-state index contributed by atoms with van der Waals surface area (Å²) < 4.78 is 11.9. The second-order valence-corrected chi connectivity index (χ2v) is 10.1. The van der Waals surface area contributed by atoms with Gasteiger partial charge in [-0.05, 0) is 94.5 Å². The van der Waals surface area contributed by atoms with Crippen LogP contribution in [0.4, 0.5) is 4.39 Å². The zero-order chi connectivity index (χ0) is 27.3. The lowest BCUT2D eigenvalue weighted by atomic mass is 10.2. The Labute approximate surface area is 232 Å². The molecule has 0 fully saturated rings. The SMILES string of the molecule is Cc1cc(Cl)c(C)cc1Cl.Cc1ccc(C)c(Cl)c1.Cc1ccc(C)cc1.Cc1ccc(CF)cc1. The van der Waals surface area contributed by atoms with Gasteiger partial charge in [0.05, 0.1) is 0 Å². The van der Waals surface area contributed by atoms with Crippen molar-refractivity contribution in [2.24, 2.45) is 0 Å². The molecule has 0 spiro atoms. The van der Waals surface area contributed by atoms with Gasteiger partial charge in [-0.2, -0.15) is 0 Å². The van der Waals surface area contributed by atoms with E-state index in [1.807, 2.05) is 71.0 Å². The molecule has 0 nitrogen and oxygen atoms in total. The highest BCUT2D eigenvalue weighted by molar-refractivity contribution is 6.34. The van der Waals surface area contributed by atoms with Crippen molar-refractivity contribution in [2.45, 2.75) is 55.1 Å². The van der Waals surface area contributed by atoms with E-state index in [9.17, 15) is 4.39 Å². The molecule has 0 unspecified atom stereocenters. The van der Waals surface area contributed by atoms with Crippen LogP contribution in [0.1, 0.15) is 44.5 Å². The van der Waals surface area contributed by atoms with Crippen molar-refractivity contribution >= 4 is 34.8 Å². The van der Waals surface area contributed by atoms with Crippen molar-refractivity contribution < 1.29 is 4.39 Å². The molecule has 0 saturated heterocycles. The molecule has 0 aromatic heterocycles. The summed E-state index contributed by atoms with van der Waals surface area (Å²) in [4.78, 5) is 0. The third kappa shape index (κ3) is 12.6. The Morgan fingerprint density at radius 2 is 0.778 bits per heavy atom. The lowest BCUT2D eigenvalue weighted by Crippen LogP contribution is -1.79. The third-order valence-corrected chi connectivity index (χ3v) is 6.48. The van der Waals surface area contributed by atoms with Gasteiger partial charge in [0.15, 0.2) is 0 Å². The van der Waals surface area contributed by atoms with Crippen LogP contribution in [0.15, 0.2) is 78.9 Å². The number of rotatable bonds is 1. The second kappa shape index (κ2) is 16.4. The topological polar surface area (TPSA) is 0 Å². The predicted molar refractivity (Wildman–Crippen MR) is 159 cm³/mol. The molecule has 0 amide bonds. The van der Waals surface area contributed by atoms with Gasteiger partial charge in [0.1, 0.15) is 6.67 Å². The Kier molecular flexibility index (Phi) is 14.5. The zero-order valence-electron chi connectivity index (χ0n) is 22.2. The van der Waals surface area contributed by atoms with Gasteiger partial charge in [0, 0.05) is 15.1 Å². The fourth-order valence-corrected chi connectivity index (χ4v) is 3.43. The van der Waals surface area contributed by atoms with Crippen LogP contribution in [0.5, 0.6) is 0 Å². The fourth-order valence-electron chi connectivity index (χ4n) is 2.76. The molecule has 0 heterocycles. The molecule has 4 heteroatoms. The van der Waals surface area contributed by atoms with Gasteiger partial charge in [-0.3, -0.25) is 0 Å². The maximum atomic E-state index is 11.9. The van der Waals surface area contributed by atoms with Gasteiger partial charge >= 0.3 is 0 Å². The number of halogens is 4. The molecule has 0 saturated carbocycles. The van der Waals surface area contributed by atoms with Crippen molar-refractivity contribution in [2.75, 3.05) is 0 Å².